The molecule has 0 N–H and O–H groups in total. The molecule has 0 aromatic rings. The molecule has 2 heterocycles. The Labute approximate surface area is 48.1 Å². The summed E-state index contributed by atoms with van der Waals surface area (Å²) in [4.78, 5) is 0. The molecule has 44 valence electrons. The minimum atomic E-state index is 0.110. The van der Waals surface area contributed by atoms with E-state index in [9.17, 15) is 0 Å². The normalized spacial score (nSPS) is 42.9. The van der Waals surface area contributed by atoms with Crippen molar-refractivity contribution in [2.75, 3.05) is 6.61 Å². The van der Waals surface area contributed by atoms with Crippen LogP contribution in [0.25, 0.3) is 0 Å². The molecule has 2 aliphatic rings. The second-order valence-corrected chi connectivity index (χ2v) is 2.29. The van der Waals surface area contributed by atoms with Gasteiger partial charge in [0.15, 0.2) is 6.29 Å². The Bertz CT molecular complexity index is 139. The molecule has 0 aliphatic carbocycles. The molecule has 0 amide bonds. The number of rotatable bonds is 0. The van der Waals surface area contributed by atoms with Crippen molar-refractivity contribution in [2.45, 2.75) is 19.3 Å². The lowest BCUT2D eigenvalue weighted by atomic mass is 10.2. The number of ether oxygens (including phenoxy) is 2. The van der Waals surface area contributed by atoms with Crippen LogP contribution in [0.3, 0.4) is 0 Å². The summed E-state index contributed by atoms with van der Waals surface area (Å²) in [6, 6.07) is 0. The minimum Gasteiger partial charge on any atom is -0.345 e. The van der Waals surface area contributed by atoms with Gasteiger partial charge in [0.1, 0.15) is 6.10 Å². The summed E-state index contributed by atoms with van der Waals surface area (Å²) < 4.78 is 10.2. The van der Waals surface area contributed by atoms with Gasteiger partial charge in [0.05, 0.1) is 6.61 Å². The van der Waals surface area contributed by atoms with Crippen molar-refractivity contribution in [3.05, 3.63) is 11.6 Å². The van der Waals surface area contributed by atoms with Gasteiger partial charge in [-0.15, -0.1) is 0 Å². The SMILES string of the molecule is CC1=CC2OC2OC1. The van der Waals surface area contributed by atoms with Crippen molar-refractivity contribution in [1.29, 1.82) is 0 Å². The quantitative estimate of drug-likeness (QED) is 0.339. The maximum absolute atomic E-state index is 5.17. The highest BCUT2D eigenvalue weighted by Crippen LogP contribution is 2.29. The Balaban J connectivity index is 2.15. The number of epoxide rings is 1. The van der Waals surface area contributed by atoms with Crippen molar-refractivity contribution < 1.29 is 9.47 Å². The van der Waals surface area contributed by atoms with Crippen LogP contribution in [0.2, 0.25) is 0 Å². The molecule has 0 spiro atoms. The molecule has 1 saturated heterocycles. The molecule has 2 atom stereocenters. The van der Waals surface area contributed by atoms with Crippen LogP contribution in [0, 0.1) is 0 Å². The fourth-order valence-electron chi connectivity index (χ4n) is 0.904. The van der Waals surface area contributed by atoms with Gasteiger partial charge in [-0.25, -0.2) is 0 Å². The molecule has 0 aromatic heterocycles. The Kier molecular flexibility index (Phi) is 0.754. The number of hydrogen-bond donors (Lipinski definition) is 0. The van der Waals surface area contributed by atoms with Crippen LogP contribution >= 0.6 is 0 Å². The zero-order chi connectivity index (χ0) is 5.56. The van der Waals surface area contributed by atoms with Crippen LogP contribution in [0.15, 0.2) is 11.6 Å². The third-order valence-corrected chi connectivity index (χ3v) is 1.41. The number of hydrogen-bond acceptors (Lipinski definition) is 2. The third-order valence-electron chi connectivity index (χ3n) is 1.41. The summed E-state index contributed by atoms with van der Waals surface area (Å²) in [6.07, 6.45) is 2.52. The summed E-state index contributed by atoms with van der Waals surface area (Å²) in [6.45, 7) is 2.80. The zero-order valence-corrected chi connectivity index (χ0v) is 4.76. The fraction of sp³-hybridized carbons (Fsp3) is 0.667. The van der Waals surface area contributed by atoms with Gasteiger partial charge < -0.3 is 9.47 Å². The first-order valence-electron chi connectivity index (χ1n) is 2.80. The van der Waals surface area contributed by atoms with Crippen molar-refractivity contribution in [3.8, 4) is 0 Å². The molecule has 2 nitrogen and oxygen atoms in total. The minimum absolute atomic E-state index is 0.110. The second-order valence-electron chi connectivity index (χ2n) is 2.29. The zero-order valence-electron chi connectivity index (χ0n) is 4.76. The van der Waals surface area contributed by atoms with Gasteiger partial charge in [0.25, 0.3) is 0 Å². The lowest BCUT2D eigenvalue weighted by Crippen LogP contribution is -2.07. The average Bonchev–Trinajstić information content (AvgIpc) is 2.43. The van der Waals surface area contributed by atoms with Gasteiger partial charge >= 0.3 is 0 Å². The largest absolute Gasteiger partial charge is 0.345 e. The Hall–Kier alpha value is -0.340. The smallest absolute Gasteiger partial charge is 0.188 e. The van der Waals surface area contributed by atoms with Gasteiger partial charge in [-0.1, -0.05) is 0 Å². The average molecular weight is 112 g/mol. The summed E-state index contributed by atoms with van der Waals surface area (Å²) in [5, 5.41) is 0. The van der Waals surface area contributed by atoms with E-state index in [1.165, 1.54) is 5.57 Å². The summed E-state index contributed by atoms with van der Waals surface area (Å²) >= 11 is 0. The van der Waals surface area contributed by atoms with Crippen LogP contribution in [0.4, 0.5) is 0 Å². The predicted octanol–water partition coefficient (Wildman–Crippen LogP) is 0.688. The van der Waals surface area contributed by atoms with Crippen molar-refractivity contribution in [1.82, 2.24) is 0 Å². The van der Waals surface area contributed by atoms with E-state index in [0.29, 0.717) is 6.10 Å². The van der Waals surface area contributed by atoms with Gasteiger partial charge in [-0.05, 0) is 18.6 Å². The summed E-state index contributed by atoms with van der Waals surface area (Å²) in [7, 11) is 0. The fourth-order valence-corrected chi connectivity index (χ4v) is 0.904. The molecule has 0 radical (unpaired) electrons. The maximum Gasteiger partial charge on any atom is 0.188 e. The van der Waals surface area contributed by atoms with Gasteiger partial charge in [-0.3, -0.25) is 0 Å². The first-order valence-corrected chi connectivity index (χ1v) is 2.80. The van der Waals surface area contributed by atoms with Gasteiger partial charge in [0.2, 0.25) is 0 Å². The molecule has 0 aromatic carbocycles. The molecular formula is C6H8O2. The highest BCUT2D eigenvalue weighted by Gasteiger charge is 2.40. The predicted molar refractivity (Wildman–Crippen MR) is 28.4 cm³/mol. The molecular weight excluding hydrogens is 104 g/mol. The van der Waals surface area contributed by atoms with E-state index in [4.69, 9.17) is 9.47 Å². The van der Waals surface area contributed by atoms with Crippen molar-refractivity contribution >= 4 is 0 Å². The van der Waals surface area contributed by atoms with E-state index < -0.39 is 0 Å². The summed E-state index contributed by atoms with van der Waals surface area (Å²) in [5.41, 5.74) is 1.28. The van der Waals surface area contributed by atoms with Crippen molar-refractivity contribution in [2.24, 2.45) is 0 Å². The second kappa shape index (κ2) is 1.33. The molecule has 2 heteroatoms. The first-order chi connectivity index (χ1) is 3.86. The van der Waals surface area contributed by atoms with E-state index in [-0.39, 0.29) is 6.29 Å². The van der Waals surface area contributed by atoms with E-state index in [2.05, 4.69) is 13.0 Å². The van der Waals surface area contributed by atoms with E-state index in [1.807, 2.05) is 0 Å². The molecule has 2 unspecified atom stereocenters. The monoisotopic (exact) mass is 112 g/mol. The van der Waals surface area contributed by atoms with E-state index in [0.717, 1.165) is 6.61 Å². The van der Waals surface area contributed by atoms with Crippen LogP contribution < -0.4 is 0 Å². The van der Waals surface area contributed by atoms with Crippen molar-refractivity contribution in [3.63, 3.8) is 0 Å². The van der Waals surface area contributed by atoms with E-state index >= 15 is 0 Å². The highest BCUT2D eigenvalue weighted by molar-refractivity contribution is 5.11. The molecule has 0 bridgehead atoms. The maximum atomic E-state index is 5.17. The van der Waals surface area contributed by atoms with E-state index in [1.54, 1.807) is 0 Å². The molecule has 8 heavy (non-hydrogen) atoms. The highest BCUT2D eigenvalue weighted by atomic mass is 16.8. The Morgan fingerprint density at radius 1 is 1.75 bits per heavy atom. The van der Waals surface area contributed by atoms with Crippen LogP contribution in [-0.4, -0.2) is 19.0 Å². The van der Waals surface area contributed by atoms with Crippen LogP contribution in [0.1, 0.15) is 6.92 Å². The molecule has 2 rings (SSSR count). The lowest BCUT2D eigenvalue weighted by Gasteiger charge is -2.03. The molecule has 0 saturated carbocycles. The Morgan fingerprint density at radius 3 is 3.25 bits per heavy atom. The topological polar surface area (TPSA) is 21.8 Å². The third kappa shape index (κ3) is 0.572. The first kappa shape index (κ1) is 4.53. The molecule has 2 aliphatic heterocycles. The van der Waals surface area contributed by atoms with Crippen LogP contribution in [0.5, 0.6) is 0 Å². The van der Waals surface area contributed by atoms with Gasteiger partial charge in [0, 0.05) is 0 Å². The lowest BCUT2D eigenvalue weighted by molar-refractivity contribution is 0.0649. The summed E-state index contributed by atoms with van der Waals surface area (Å²) in [5.74, 6) is 0. The standard InChI is InChI=1S/C6H8O2/c1-4-2-5-6(8-5)7-3-4/h2,5-6H,3H2,1H3. The van der Waals surface area contributed by atoms with Gasteiger partial charge in [-0.2, -0.15) is 0 Å². The molecule has 1 fully saturated rings. The Morgan fingerprint density at radius 2 is 2.62 bits per heavy atom. The number of fused-ring (bicyclic) bond motifs is 1. The van der Waals surface area contributed by atoms with Crippen LogP contribution in [-0.2, 0) is 9.47 Å².